The lowest BCUT2D eigenvalue weighted by Gasteiger charge is -2.02. The molecule has 1 aromatic heterocycles. The van der Waals surface area contributed by atoms with Crippen LogP contribution in [0.5, 0.6) is 5.88 Å². The molecule has 2 N–H and O–H groups in total. The predicted octanol–water partition coefficient (Wildman–Crippen LogP) is 2.50. The quantitative estimate of drug-likeness (QED) is 0.940. The molecule has 4 nitrogen and oxygen atoms in total. The van der Waals surface area contributed by atoms with Gasteiger partial charge in [-0.15, -0.1) is 12.4 Å². The number of ether oxygens (including phenoxy) is 1. The highest BCUT2D eigenvalue weighted by Crippen LogP contribution is 2.23. The summed E-state index contributed by atoms with van der Waals surface area (Å²) in [5.41, 5.74) is 7.26. The van der Waals surface area contributed by atoms with E-state index >= 15 is 0 Å². The molecule has 98 valence electrons. The fourth-order valence-corrected chi connectivity index (χ4v) is 1.64. The molecule has 0 fully saturated rings. The predicted molar refractivity (Wildman–Crippen MR) is 75.5 cm³/mol. The maximum absolute atomic E-state index is 5.84. The third-order valence-corrected chi connectivity index (χ3v) is 2.60. The smallest absolute Gasteiger partial charge is 0.212 e. The molecular weight excluding hydrogens is 273 g/mol. The number of hydrogen-bond donors (Lipinski definition) is 1. The lowest BCUT2D eigenvalue weighted by atomic mass is 10.2. The number of halogens is 2. The summed E-state index contributed by atoms with van der Waals surface area (Å²) in [6.07, 6.45) is 0. The maximum Gasteiger partial charge on any atom is 0.212 e. The van der Waals surface area contributed by atoms with E-state index in [2.05, 4.69) is 5.10 Å². The second-order valence-corrected chi connectivity index (χ2v) is 4.07. The average Bonchev–Trinajstić information content (AvgIpc) is 2.69. The molecule has 0 amide bonds. The van der Waals surface area contributed by atoms with Crippen molar-refractivity contribution in [2.75, 3.05) is 13.2 Å². The van der Waals surface area contributed by atoms with Crippen LogP contribution in [0.25, 0.3) is 11.3 Å². The molecule has 0 saturated carbocycles. The van der Waals surface area contributed by atoms with E-state index < -0.39 is 0 Å². The molecule has 0 bridgehead atoms. The SMILES string of the molecule is Cl.Cn1nc(-c2ccc(Cl)cc2)cc1OCCN. The summed E-state index contributed by atoms with van der Waals surface area (Å²) in [7, 11) is 1.84. The van der Waals surface area contributed by atoms with Crippen molar-refractivity contribution < 1.29 is 4.74 Å². The van der Waals surface area contributed by atoms with Crippen LogP contribution >= 0.6 is 24.0 Å². The van der Waals surface area contributed by atoms with Crippen molar-refractivity contribution in [3.8, 4) is 17.1 Å². The molecule has 0 aliphatic heterocycles. The van der Waals surface area contributed by atoms with Crippen LogP contribution in [0.2, 0.25) is 5.02 Å². The van der Waals surface area contributed by atoms with Crippen LogP contribution in [-0.2, 0) is 7.05 Å². The molecule has 1 aromatic carbocycles. The van der Waals surface area contributed by atoms with E-state index in [1.165, 1.54) is 0 Å². The number of hydrogen-bond acceptors (Lipinski definition) is 3. The van der Waals surface area contributed by atoms with Crippen LogP contribution in [0.4, 0.5) is 0 Å². The van der Waals surface area contributed by atoms with Crippen molar-refractivity contribution in [3.05, 3.63) is 35.4 Å². The Labute approximate surface area is 117 Å². The van der Waals surface area contributed by atoms with Crippen LogP contribution in [0, 0.1) is 0 Å². The standard InChI is InChI=1S/C12H14ClN3O.ClH/c1-16-12(17-7-6-14)8-11(15-16)9-2-4-10(13)5-3-9;/h2-5,8H,6-7,14H2,1H3;1H. The van der Waals surface area contributed by atoms with Gasteiger partial charge in [0.05, 0.1) is 5.69 Å². The molecule has 0 saturated heterocycles. The Morgan fingerprint density at radius 2 is 2.00 bits per heavy atom. The Hall–Kier alpha value is -1.23. The first-order valence-corrected chi connectivity index (χ1v) is 5.71. The van der Waals surface area contributed by atoms with Crippen LogP contribution in [0.3, 0.4) is 0 Å². The second kappa shape index (κ2) is 6.64. The van der Waals surface area contributed by atoms with Gasteiger partial charge in [0.15, 0.2) is 0 Å². The van der Waals surface area contributed by atoms with Gasteiger partial charge in [0.25, 0.3) is 0 Å². The Morgan fingerprint density at radius 3 is 2.61 bits per heavy atom. The number of nitrogens with two attached hydrogens (primary N) is 1. The van der Waals surface area contributed by atoms with Gasteiger partial charge in [0.2, 0.25) is 5.88 Å². The molecule has 0 aliphatic carbocycles. The van der Waals surface area contributed by atoms with E-state index in [9.17, 15) is 0 Å². The summed E-state index contributed by atoms with van der Waals surface area (Å²) in [5.74, 6) is 0.709. The Morgan fingerprint density at radius 1 is 1.33 bits per heavy atom. The van der Waals surface area contributed by atoms with E-state index in [1.54, 1.807) is 4.68 Å². The fraction of sp³-hybridized carbons (Fsp3) is 0.250. The fourth-order valence-electron chi connectivity index (χ4n) is 1.51. The molecule has 0 radical (unpaired) electrons. The number of nitrogens with zero attached hydrogens (tertiary/aromatic N) is 2. The zero-order valence-electron chi connectivity index (χ0n) is 9.97. The summed E-state index contributed by atoms with van der Waals surface area (Å²) >= 11 is 5.84. The minimum Gasteiger partial charge on any atom is -0.476 e. The maximum atomic E-state index is 5.84. The average molecular weight is 288 g/mol. The topological polar surface area (TPSA) is 53.1 Å². The molecule has 0 atom stereocenters. The molecule has 2 aromatic rings. The highest BCUT2D eigenvalue weighted by atomic mass is 35.5. The van der Waals surface area contributed by atoms with Gasteiger partial charge in [-0.25, -0.2) is 4.68 Å². The normalized spacial score (nSPS) is 9.94. The van der Waals surface area contributed by atoms with Gasteiger partial charge in [0, 0.05) is 30.2 Å². The lowest BCUT2D eigenvalue weighted by molar-refractivity contribution is 0.299. The molecule has 6 heteroatoms. The zero-order valence-corrected chi connectivity index (χ0v) is 11.5. The van der Waals surface area contributed by atoms with Crippen LogP contribution in [0.15, 0.2) is 30.3 Å². The highest BCUT2D eigenvalue weighted by Gasteiger charge is 2.07. The Kier molecular flexibility index (Phi) is 5.47. The number of aromatic nitrogens is 2. The van der Waals surface area contributed by atoms with E-state index in [4.69, 9.17) is 22.1 Å². The van der Waals surface area contributed by atoms with Crippen molar-refractivity contribution in [1.82, 2.24) is 9.78 Å². The van der Waals surface area contributed by atoms with Gasteiger partial charge >= 0.3 is 0 Å². The largest absolute Gasteiger partial charge is 0.476 e. The Bertz CT molecular complexity index is 497. The van der Waals surface area contributed by atoms with Crippen LogP contribution in [0.1, 0.15) is 0 Å². The van der Waals surface area contributed by atoms with Gasteiger partial charge in [-0.05, 0) is 12.1 Å². The third-order valence-electron chi connectivity index (χ3n) is 2.34. The first-order chi connectivity index (χ1) is 8.20. The van der Waals surface area contributed by atoms with Crippen molar-refractivity contribution in [3.63, 3.8) is 0 Å². The van der Waals surface area contributed by atoms with Crippen molar-refractivity contribution in [2.45, 2.75) is 0 Å². The van der Waals surface area contributed by atoms with Gasteiger partial charge in [-0.2, -0.15) is 5.10 Å². The molecule has 2 rings (SSSR count). The highest BCUT2D eigenvalue weighted by molar-refractivity contribution is 6.30. The first-order valence-electron chi connectivity index (χ1n) is 5.33. The van der Waals surface area contributed by atoms with E-state index in [1.807, 2.05) is 37.4 Å². The number of rotatable bonds is 4. The summed E-state index contributed by atoms with van der Waals surface area (Å²) in [6.45, 7) is 0.973. The van der Waals surface area contributed by atoms with Crippen molar-refractivity contribution in [1.29, 1.82) is 0 Å². The molecule has 18 heavy (non-hydrogen) atoms. The molecular formula is C12H15Cl2N3O. The summed E-state index contributed by atoms with van der Waals surface area (Å²) in [6, 6.07) is 9.42. The monoisotopic (exact) mass is 287 g/mol. The van der Waals surface area contributed by atoms with E-state index in [0.717, 1.165) is 11.3 Å². The van der Waals surface area contributed by atoms with E-state index in [0.29, 0.717) is 24.1 Å². The summed E-state index contributed by atoms with van der Waals surface area (Å²) in [5, 5.41) is 5.08. The molecule has 1 heterocycles. The van der Waals surface area contributed by atoms with Gasteiger partial charge < -0.3 is 10.5 Å². The number of aryl methyl sites for hydroxylation is 1. The van der Waals surface area contributed by atoms with Gasteiger partial charge in [-0.3, -0.25) is 0 Å². The van der Waals surface area contributed by atoms with Crippen LogP contribution in [-0.4, -0.2) is 22.9 Å². The van der Waals surface area contributed by atoms with Crippen molar-refractivity contribution >= 4 is 24.0 Å². The van der Waals surface area contributed by atoms with Crippen LogP contribution < -0.4 is 10.5 Å². The third kappa shape index (κ3) is 3.38. The first kappa shape index (κ1) is 14.8. The summed E-state index contributed by atoms with van der Waals surface area (Å²) < 4.78 is 7.16. The molecule has 0 unspecified atom stereocenters. The minimum atomic E-state index is 0. The molecule has 0 aliphatic rings. The van der Waals surface area contributed by atoms with E-state index in [-0.39, 0.29) is 12.4 Å². The lowest BCUT2D eigenvalue weighted by Crippen LogP contribution is -2.12. The zero-order chi connectivity index (χ0) is 12.3. The second-order valence-electron chi connectivity index (χ2n) is 3.64. The molecule has 0 spiro atoms. The summed E-state index contributed by atoms with van der Waals surface area (Å²) in [4.78, 5) is 0. The van der Waals surface area contributed by atoms with Crippen molar-refractivity contribution in [2.24, 2.45) is 12.8 Å². The number of benzene rings is 1. The van der Waals surface area contributed by atoms with Gasteiger partial charge in [-0.1, -0.05) is 23.7 Å². The minimum absolute atomic E-state index is 0. The van der Waals surface area contributed by atoms with Gasteiger partial charge in [0.1, 0.15) is 6.61 Å². The Balaban J connectivity index is 0.00000162.